The number of nitrogens with one attached hydrogen (secondary N) is 1. The molecule has 6 heteroatoms. The van der Waals surface area contributed by atoms with Crippen molar-refractivity contribution >= 4 is 33.5 Å². The van der Waals surface area contributed by atoms with Crippen molar-refractivity contribution in [3.63, 3.8) is 0 Å². The van der Waals surface area contributed by atoms with Crippen molar-refractivity contribution in [2.45, 2.75) is 18.9 Å². The van der Waals surface area contributed by atoms with Crippen LogP contribution >= 0.6 is 15.9 Å². The fraction of sp³-hybridized carbons (Fsp3) is 0.333. The highest BCUT2D eigenvalue weighted by atomic mass is 79.9. The van der Waals surface area contributed by atoms with Crippen LogP contribution in [0, 0.1) is 0 Å². The van der Waals surface area contributed by atoms with E-state index in [1.165, 1.54) is 6.07 Å². The van der Waals surface area contributed by atoms with Crippen molar-refractivity contribution in [1.82, 2.24) is 0 Å². The number of carboxylic acid groups (broad SMARTS) is 1. The van der Waals surface area contributed by atoms with Gasteiger partial charge < -0.3 is 15.2 Å². The quantitative estimate of drug-likeness (QED) is 0.897. The Kier molecular flexibility index (Phi) is 3.98. The lowest BCUT2D eigenvalue weighted by Gasteiger charge is -2.11. The molecule has 0 aromatic heterocycles. The number of hydrogen-bond donors (Lipinski definition) is 2. The Morgan fingerprint density at radius 2 is 2.22 bits per heavy atom. The van der Waals surface area contributed by atoms with E-state index in [4.69, 9.17) is 9.84 Å². The molecule has 1 unspecified atom stereocenters. The maximum absolute atomic E-state index is 11.8. The molecule has 0 aliphatic carbocycles. The highest BCUT2D eigenvalue weighted by Gasteiger charge is 2.23. The molecule has 1 saturated heterocycles. The van der Waals surface area contributed by atoms with Gasteiger partial charge in [0.05, 0.1) is 5.56 Å². The van der Waals surface area contributed by atoms with E-state index >= 15 is 0 Å². The Hall–Kier alpha value is -1.40. The monoisotopic (exact) mass is 313 g/mol. The summed E-state index contributed by atoms with van der Waals surface area (Å²) < 4.78 is 5.73. The topological polar surface area (TPSA) is 75.6 Å². The third kappa shape index (κ3) is 2.88. The number of anilines is 1. The average molecular weight is 314 g/mol. The van der Waals surface area contributed by atoms with Gasteiger partial charge in [-0.15, -0.1) is 0 Å². The van der Waals surface area contributed by atoms with Gasteiger partial charge >= 0.3 is 5.97 Å². The minimum atomic E-state index is -1.05. The van der Waals surface area contributed by atoms with E-state index in [1.807, 2.05) is 0 Å². The molecule has 96 valence electrons. The molecule has 1 fully saturated rings. The first-order chi connectivity index (χ1) is 8.58. The van der Waals surface area contributed by atoms with Crippen LogP contribution in [0.5, 0.6) is 0 Å². The highest BCUT2D eigenvalue weighted by Crippen LogP contribution is 2.22. The zero-order valence-electron chi connectivity index (χ0n) is 9.48. The normalized spacial score (nSPS) is 18.6. The maximum Gasteiger partial charge on any atom is 0.336 e. The van der Waals surface area contributed by atoms with Gasteiger partial charge in [-0.05, 0) is 47.0 Å². The van der Waals surface area contributed by atoms with Crippen molar-refractivity contribution in [3.8, 4) is 0 Å². The molecule has 5 nitrogen and oxygen atoms in total. The van der Waals surface area contributed by atoms with Gasteiger partial charge in [-0.3, -0.25) is 4.79 Å². The minimum absolute atomic E-state index is 0.111. The zero-order chi connectivity index (χ0) is 13.1. The zero-order valence-corrected chi connectivity index (χ0v) is 11.1. The number of carbonyl (C=O) groups excluding carboxylic acids is 1. The van der Waals surface area contributed by atoms with Crippen LogP contribution in [0.25, 0.3) is 0 Å². The maximum atomic E-state index is 11.8. The second-order valence-corrected chi connectivity index (χ2v) is 4.85. The van der Waals surface area contributed by atoms with Gasteiger partial charge in [0.1, 0.15) is 6.10 Å². The van der Waals surface area contributed by atoms with Crippen LogP contribution in [0.1, 0.15) is 23.2 Å². The van der Waals surface area contributed by atoms with Crippen molar-refractivity contribution in [3.05, 3.63) is 28.2 Å². The number of amides is 1. The molecule has 1 aliphatic rings. The molecule has 0 saturated carbocycles. The number of carbonyl (C=O) groups is 2. The van der Waals surface area contributed by atoms with Gasteiger partial charge in [0.25, 0.3) is 5.91 Å². The summed E-state index contributed by atoms with van der Waals surface area (Å²) in [5.41, 5.74) is 0.566. The van der Waals surface area contributed by atoms with E-state index in [2.05, 4.69) is 21.2 Å². The Labute approximate surface area is 112 Å². The predicted molar refractivity (Wildman–Crippen MR) is 68.7 cm³/mol. The summed E-state index contributed by atoms with van der Waals surface area (Å²) in [5, 5.41) is 11.6. The Morgan fingerprint density at radius 3 is 2.83 bits per heavy atom. The summed E-state index contributed by atoms with van der Waals surface area (Å²) in [5.74, 6) is -1.28. The first-order valence-electron chi connectivity index (χ1n) is 5.53. The van der Waals surface area contributed by atoms with E-state index in [-0.39, 0.29) is 11.5 Å². The second-order valence-electron chi connectivity index (χ2n) is 3.99. The van der Waals surface area contributed by atoms with Gasteiger partial charge in [0.2, 0.25) is 0 Å². The number of benzene rings is 1. The third-order valence-electron chi connectivity index (χ3n) is 2.69. The fourth-order valence-corrected chi connectivity index (χ4v) is 2.19. The lowest BCUT2D eigenvalue weighted by molar-refractivity contribution is -0.124. The Morgan fingerprint density at radius 1 is 1.44 bits per heavy atom. The average Bonchev–Trinajstić information content (AvgIpc) is 2.85. The number of carboxylic acids is 1. The van der Waals surface area contributed by atoms with Crippen LogP contribution in [0.2, 0.25) is 0 Å². The van der Waals surface area contributed by atoms with Crippen molar-refractivity contribution in [2.75, 3.05) is 11.9 Å². The lowest BCUT2D eigenvalue weighted by Crippen LogP contribution is -2.26. The third-order valence-corrected chi connectivity index (χ3v) is 3.38. The standard InChI is InChI=1S/C12H12BrNO4/c13-9-4-3-7(6-8(9)12(16)17)14-11(15)10-2-1-5-18-10/h3-4,6,10H,1-2,5H2,(H,14,15)(H,16,17). The van der Waals surface area contributed by atoms with E-state index in [1.54, 1.807) is 12.1 Å². The summed E-state index contributed by atoms with van der Waals surface area (Å²) in [6.45, 7) is 0.596. The van der Waals surface area contributed by atoms with Crippen molar-refractivity contribution in [2.24, 2.45) is 0 Å². The molecule has 1 heterocycles. The summed E-state index contributed by atoms with van der Waals surface area (Å²) in [6.07, 6.45) is 1.15. The fourth-order valence-electron chi connectivity index (χ4n) is 1.77. The molecule has 1 aromatic carbocycles. The smallest absolute Gasteiger partial charge is 0.336 e. The van der Waals surface area contributed by atoms with E-state index in [0.29, 0.717) is 23.2 Å². The summed E-state index contributed by atoms with van der Waals surface area (Å²) in [7, 11) is 0. The molecule has 0 bridgehead atoms. The predicted octanol–water partition coefficient (Wildman–Crippen LogP) is 2.26. The van der Waals surface area contributed by atoms with Crippen LogP contribution in [-0.2, 0) is 9.53 Å². The SMILES string of the molecule is O=C(O)c1cc(NC(=O)C2CCCO2)ccc1Br. The summed E-state index contributed by atoms with van der Waals surface area (Å²) in [6, 6.07) is 4.65. The summed E-state index contributed by atoms with van der Waals surface area (Å²) >= 11 is 3.15. The van der Waals surface area contributed by atoms with Crippen molar-refractivity contribution < 1.29 is 19.4 Å². The van der Waals surface area contributed by atoms with Gasteiger partial charge in [0, 0.05) is 16.8 Å². The first kappa shape index (κ1) is 13.0. The molecule has 0 spiro atoms. The van der Waals surface area contributed by atoms with Crippen LogP contribution in [0.3, 0.4) is 0 Å². The molecule has 0 radical (unpaired) electrons. The Balaban J connectivity index is 2.11. The van der Waals surface area contributed by atoms with E-state index < -0.39 is 12.1 Å². The second kappa shape index (κ2) is 5.49. The van der Waals surface area contributed by atoms with Gasteiger partial charge in [-0.1, -0.05) is 0 Å². The number of hydrogen-bond acceptors (Lipinski definition) is 3. The van der Waals surface area contributed by atoms with Gasteiger partial charge in [-0.25, -0.2) is 4.79 Å². The minimum Gasteiger partial charge on any atom is -0.478 e. The van der Waals surface area contributed by atoms with Crippen LogP contribution in [-0.4, -0.2) is 29.7 Å². The molecule has 2 rings (SSSR count). The highest BCUT2D eigenvalue weighted by molar-refractivity contribution is 9.10. The van der Waals surface area contributed by atoms with Crippen LogP contribution in [0.15, 0.2) is 22.7 Å². The molecule has 1 amide bonds. The molecule has 1 aliphatic heterocycles. The molecule has 1 aromatic rings. The number of rotatable bonds is 3. The van der Waals surface area contributed by atoms with Crippen LogP contribution < -0.4 is 5.32 Å². The van der Waals surface area contributed by atoms with Gasteiger partial charge in [-0.2, -0.15) is 0 Å². The number of aromatic carboxylic acids is 1. The molecular weight excluding hydrogens is 302 g/mol. The Bertz CT molecular complexity index is 483. The molecule has 1 atom stereocenters. The van der Waals surface area contributed by atoms with Crippen LogP contribution in [0.4, 0.5) is 5.69 Å². The molecular formula is C12H12BrNO4. The lowest BCUT2D eigenvalue weighted by atomic mass is 10.2. The van der Waals surface area contributed by atoms with Gasteiger partial charge in [0.15, 0.2) is 0 Å². The van der Waals surface area contributed by atoms with Crippen molar-refractivity contribution in [1.29, 1.82) is 0 Å². The largest absolute Gasteiger partial charge is 0.478 e. The number of ether oxygens (including phenoxy) is 1. The number of halogens is 1. The molecule has 2 N–H and O–H groups in total. The first-order valence-corrected chi connectivity index (χ1v) is 6.32. The van der Waals surface area contributed by atoms with E-state index in [0.717, 1.165) is 6.42 Å². The van der Waals surface area contributed by atoms with E-state index in [9.17, 15) is 9.59 Å². The molecule has 18 heavy (non-hydrogen) atoms. The summed E-state index contributed by atoms with van der Waals surface area (Å²) in [4.78, 5) is 22.7.